The van der Waals surface area contributed by atoms with Crippen molar-refractivity contribution in [3.63, 3.8) is 0 Å². The summed E-state index contributed by atoms with van der Waals surface area (Å²) >= 11 is -0.0385. The van der Waals surface area contributed by atoms with Gasteiger partial charge in [0.15, 0.2) is 0 Å². The van der Waals surface area contributed by atoms with Crippen molar-refractivity contribution in [3.05, 3.63) is 47.0 Å². The van der Waals surface area contributed by atoms with Crippen molar-refractivity contribution in [2.24, 2.45) is 0 Å². The normalized spacial score (nSPS) is 18.2. The molecule has 0 aliphatic carbocycles. The topological polar surface area (TPSA) is 20.2 Å². The van der Waals surface area contributed by atoms with Crippen LogP contribution >= 0.6 is 0 Å². The van der Waals surface area contributed by atoms with Crippen molar-refractivity contribution < 1.29 is 5.11 Å². The Morgan fingerprint density at radius 2 is 1.83 bits per heavy atom. The van der Waals surface area contributed by atoms with Gasteiger partial charge >= 0.3 is 77.2 Å². The number of allylic oxidation sites excluding steroid dienone is 2. The first kappa shape index (κ1) is 7.66. The molecular formula is C10H10OSe. The molecule has 1 aliphatic rings. The molecule has 0 amide bonds. The van der Waals surface area contributed by atoms with Crippen LogP contribution in [-0.2, 0) is 0 Å². The number of benzene rings is 1. The first-order chi connectivity index (χ1) is 5.86. The van der Waals surface area contributed by atoms with E-state index in [1.807, 2.05) is 12.1 Å². The molecule has 1 aliphatic heterocycles. The third-order valence-corrected chi connectivity index (χ3v) is 4.14. The molecule has 1 heterocycles. The van der Waals surface area contributed by atoms with Gasteiger partial charge in [-0.05, 0) is 0 Å². The average molecular weight is 225 g/mol. The summed E-state index contributed by atoms with van der Waals surface area (Å²) in [6.45, 7) is 0. The van der Waals surface area contributed by atoms with E-state index in [9.17, 15) is 0 Å². The van der Waals surface area contributed by atoms with E-state index in [1.165, 1.54) is 10.0 Å². The Bertz CT molecular complexity index is 335. The Hall–Kier alpha value is -0.981. The molecular weight excluding hydrogens is 215 g/mol. The number of rotatable bonds is 1. The van der Waals surface area contributed by atoms with Crippen LogP contribution in [0.1, 0.15) is 5.56 Å². The van der Waals surface area contributed by atoms with E-state index in [0.717, 1.165) is 0 Å². The van der Waals surface area contributed by atoms with Crippen LogP contribution in [0.15, 0.2) is 41.4 Å². The van der Waals surface area contributed by atoms with Crippen molar-refractivity contribution in [1.82, 2.24) is 0 Å². The van der Waals surface area contributed by atoms with Crippen molar-refractivity contribution in [1.29, 1.82) is 0 Å². The first-order valence-corrected chi connectivity index (χ1v) is 6.05. The van der Waals surface area contributed by atoms with Gasteiger partial charge in [-0.3, -0.25) is 0 Å². The zero-order valence-electron chi connectivity index (χ0n) is 6.49. The van der Waals surface area contributed by atoms with Crippen molar-refractivity contribution in [2.75, 3.05) is 0 Å². The summed E-state index contributed by atoms with van der Waals surface area (Å²) in [5.41, 5.74) is 1.25. The summed E-state index contributed by atoms with van der Waals surface area (Å²) in [5, 5.41) is 9.07. The molecule has 0 aromatic heterocycles. The van der Waals surface area contributed by atoms with Crippen LogP contribution in [0.5, 0.6) is 5.75 Å². The van der Waals surface area contributed by atoms with Crippen LogP contribution in [-0.4, -0.2) is 20.1 Å². The van der Waals surface area contributed by atoms with E-state index in [0.29, 0.717) is 5.75 Å². The Morgan fingerprint density at radius 1 is 1.08 bits per heavy atom. The number of phenols is 1. The quantitative estimate of drug-likeness (QED) is 0.717. The van der Waals surface area contributed by atoms with E-state index in [-0.39, 0.29) is 15.0 Å². The molecule has 2 rings (SSSR count). The molecule has 0 fully saturated rings. The van der Waals surface area contributed by atoms with Gasteiger partial charge in [0.25, 0.3) is 0 Å². The molecule has 12 heavy (non-hydrogen) atoms. The van der Waals surface area contributed by atoms with Crippen LogP contribution in [0.3, 0.4) is 0 Å². The summed E-state index contributed by atoms with van der Waals surface area (Å²) in [6, 6.07) is 7.41. The van der Waals surface area contributed by atoms with Gasteiger partial charge in [-0.15, -0.1) is 0 Å². The van der Waals surface area contributed by atoms with E-state index < -0.39 is 0 Å². The number of hydrogen-bond acceptors (Lipinski definition) is 1. The third kappa shape index (κ3) is 1.45. The molecule has 2 heteroatoms. The predicted octanol–water partition coefficient (Wildman–Crippen LogP) is 1.43. The monoisotopic (exact) mass is 226 g/mol. The SMILES string of the molecule is Oc1ccc(C2=CC=C[SeH2]2)cc1. The first-order valence-electron chi connectivity index (χ1n) is 3.79. The van der Waals surface area contributed by atoms with Crippen LogP contribution in [0, 0.1) is 0 Å². The van der Waals surface area contributed by atoms with Gasteiger partial charge < -0.3 is 0 Å². The van der Waals surface area contributed by atoms with Crippen LogP contribution in [0.4, 0.5) is 0 Å². The second-order valence-corrected chi connectivity index (χ2v) is 5.07. The minimum atomic E-state index is -0.0385. The van der Waals surface area contributed by atoms with Crippen molar-refractivity contribution in [2.45, 2.75) is 0 Å². The van der Waals surface area contributed by atoms with Crippen LogP contribution in [0.2, 0.25) is 0 Å². The van der Waals surface area contributed by atoms with Gasteiger partial charge in [0.2, 0.25) is 0 Å². The number of aromatic hydroxyl groups is 1. The van der Waals surface area contributed by atoms with E-state index in [2.05, 4.69) is 17.1 Å². The molecule has 0 saturated heterocycles. The molecule has 1 aromatic rings. The van der Waals surface area contributed by atoms with Gasteiger partial charge in [-0.25, -0.2) is 0 Å². The molecule has 1 nitrogen and oxygen atoms in total. The molecule has 1 aromatic carbocycles. The molecule has 0 bridgehead atoms. The van der Waals surface area contributed by atoms with E-state index in [4.69, 9.17) is 5.11 Å². The van der Waals surface area contributed by atoms with Gasteiger partial charge in [-0.1, -0.05) is 0 Å². The fourth-order valence-electron chi connectivity index (χ4n) is 1.15. The molecule has 0 atom stereocenters. The maximum atomic E-state index is 9.07. The second-order valence-electron chi connectivity index (χ2n) is 2.63. The average Bonchev–Trinajstić information content (AvgIpc) is 2.58. The number of phenolic OH excluding ortho intramolecular Hbond substituents is 1. The fraction of sp³-hybridized carbons (Fsp3) is 0. The summed E-state index contributed by atoms with van der Waals surface area (Å²) < 4.78 is 1.44. The molecule has 0 radical (unpaired) electrons. The summed E-state index contributed by atoms with van der Waals surface area (Å²) in [7, 11) is 0. The van der Waals surface area contributed by atoms with Crippen molar-refractivity contribution >= 4 is 19.4 Å². The minimum absolute atomic E-state index is 0.0385. The molecule has 0 saturated carbocycles. The Morgan fingerprint density at radius 3 is 2.42 bits per heavy atom. The fourth-order valence-corrected chi connectivity index (χ4v) is 3.03. The summed E-state index contributed by atoms with van der Waals surface area (Å²) in [6.07, 6.45) is 4.27. The zero-order chi connectivity index (χ0) is 8.39. The zero-order valence-corrected chi connectivity index (χ0v) is 8.59. The molecule has 0 spiro atoms. The third-order valence-electron chi connectivity index (χ3n) is 1.78. The van der Waals surface area contributed by atoms with Gasteiger partial charge in [-0.2, -0.15) is 0 Å². The Balaban J connectivity index is 2.30. The van der Waals surface area contributed by atoms with Crippen LogP contribution < -0.4 is 0 Å². The van der Waals surface area contributed by atoms with E-state index in [1.54, 1.807) is 12.1 Å². The van der Waals surface area contributed by atoms with Gasteiger partial charge in [0.05, 0.1) is 0 Å². The Kier molecular flexibility index (Phi) is 2.03. The molecule has 62 valence electrons. The summed E-state index contributed by atoms with van der Waals surface area (Å²) in [5.74, 6) is 0.338. The predicted molar refractivity (Wildman–Crippen MR) is 53.8 cm³/mol. The van der Waals surface area contributed by atoms with Crippen LogP contribution in [0.25, 0.3) is 4.47 Å². The molecule has 0 unspecified atom stereocenters. The maximum absolute atomic E-state index is 9.07. The standard InChI is InChI=1S/C10H10OSe/c11-9-5-3-8(4-6-9)10-2-1-7-12-10/h1-7,11H,12H2. The molecule has 1 N–H and O–H groups in total. The van der Waals surface area contributed by atoms with Crippen molar-refractivity contribution in [3.8, 4) is 5.75 Å². The number of hydrogen-bond donors (Lipinski definition) is 1. The summed E-state index contributed by atoms with van der Waals surface area (Å²) in [4.78, 5) is 2.25. The van der Waals surface area contributed by atoms with Gasteiger partial charge in [0.1, 0.15) is 0 Å². The van der Waals surface area contributed by atoms with Gasteiger partial charge in [0, 0.05) is 0 Å². The second kappa shape index (κ2) is 3.18. The van der Waals surface area contributed by atoms with E-state index >= 15 is 0 Å². The Labute approximate surface area is 77.6 Å².